The SMILES string of the molecule is COc1ccccc1Nc1nc2cc(Cl)c(Cl)cc2[nH]1. The lowest BCUT2D eigenvalue weighted by atomic mass is 10.3. The number of halogens is 2. The molecule has 0 saturated heterocycles. The van der Waals surface area contributed by atoms with Gasteiger partial charge in [0.25, 0.3) is 0 Å². The summed E-state index contributed by atoms with van der Waals surface area (Å²) < 4.78 is 5.28. The van der Waals surface area contributed by atoms with Crippen molar-refractivity contribution in [3.05, 3.63) is 46.4 Å². The molecule has 3 rings (SSSR count). The molecular weight excluding hydrogens is 297 g/mol. The summed E-state index contributed by atoms with van der Waals surface area (Å²) in [4.78, 5) is 7.56. The van der Waals surface area contributed by atoms with Crippen LogP contribution < -0.4 is 10.1 Å². The Labute approximate surface area is 125 Å². The molecule has 0 unspecified atom stereocenters. The number of nitrogens with one attached hydrogen (secondary N) is 2. The van der Waals surface area contributed by atoms with E-state index in [9.17, 15) is 0 Å². The molecule has 6 heteroatoms. The maximum absolute atomic E-state index is 5.98. The lowest BCUT2D eigenvalue weighted by Gasteiger charge is -2.07. The molecule has 2 aromatic carbocycles. The highest BCUT2D eigenvalue weighted by Crippen LogP contribution is 2.30. The molecule has 0 aliphatic heterocycles. The first-order valence-corrected chi connectivity index (χ1v) is 6.68. The van der Waals surface area contributed by atoms with Crippen LogP contribution in [-0.4, -0.2) is 17.1 Å². The molecule has 1 aromatic heterocycles. The van der Waals surface area contributed by atoms with Gasteiger partial charge in [0, 0.05) is 0 Å². The van der Waals surface area contributed by atoms with Crippen molar-refractivity contribution >= 4 is 45.9 Å². The number of hydrogen-bond donors (Lipinski definition) is 2. The van der Waals surface area contributed by atoms with Gasteiger partial charge in [-0.05, 0) is 24.3 Å². The van der Waals surface area contributed by atoms with Gasteiger partial charge in [0.05, 0.1) is 33.9 Å². The summed E-state index contributed by atoms with van der Waals surface area (Å²) >= 11 is 12.0. The summed E-state index contributed by atoms with van der Waals surface area (Å²) in [6.45, 7) is 0. The zero-order valence-electron chi connectivity index (χ0n) is 10.6. The molecule has 0 bridgehead atoms. The van der Waals surface area contributed by atoms with Gasteiger partial charge in [0.15, 0.2) is 0 Å². The number of hydrogen-bond acceptors (Lipinski definition) is 3. The van der Waals surface area contributed by atoms with E-state index in [0.717, 1.165) is 22.5 Å². The largest absolute Gasteiger partial charge is 0.495 e. The maximum atomic E-state index is 5.98. The van der Waals surface area contributed by atoms with Crippen LogP contribution >= 0.6 is 23.2 Å². The zero-order chi connectivity index (χ0) is 14.1. The molecular formula is C14H11Cl2N3O. The maximum Gasteiger partial charge on any atom is 0.205 e. The summed E-state index contributed by atoms with van der Waals surface area (Å²) in [6, 6.07) is 11.1. The second-order valence-corrected chi connectivity index (χ2v) is 5.01. The van der Waals surface area contributed by atoms with E-state index < -0.39 is 0 Å². The molecule has 0 aliphatic carbocycles. The smallest absolute Gasteiger partial charge is 0.205 e. The van der Waals surface area contributed by atoms with Gasteiger partial charge in [-0.3, -0.25) is 0 Å². The van der Waals surface area contributed by atoms with Crippen LogP contribution in [0.2, 0.25) is 10.0 Å². The number of anilines is 2. The standard InChI is InChI=1S/C14H11Cl2N3O/c1-20-13-5-3-2-4-10(13)17-14-18-11-6-8(15)9(16)7-12(11)19-14/h2-7H,1H3,(H2,17,18,19). The Morgan fingerprint density at radius 1 is 1.15 bits per heavy atom. The number of rotatable bonds is 3. The van der Waals surface area contributed by atoms with E-state index in [1.54, 1.807) is 19.2 Å². The fraction of sp³-hybridized carbons (Fsp3) is 0.0714. The van der Waals surface area contributed by atoms with Gasteiger partial charge in [0.1, 0.15) is 5.75 Å². The molecule has 2 N–H and O–H groups in total. The summed E-state index contributed by atoms with van der Waals surface area (Å²) in [5, 5.41) is 4.15. The number of aromatic amines is 1. The number of H-pyrrole nitrogens is 1. The lowest BCUT2D eigenvalue weighted by Crippen LogP contribution is -1.95. The molecule has 102 valence electrons. The Bertz CT molecular complexity index is 731. The first kappa shape index (κ1) is 13.1. The van der Waals surface area contributed by atoms with Crippen molar-refractivity contribution in [2.45, 2.75) is 0 Å². The van der Waals surface area contributed by atoms with Crippen molar-refractivity contribution in [2.24, 2.45) is 0 Å². The predicted molar refractivity (Wildman–Crippen MR) is 82.4 cm³/mol. The quantitative estimate of drug-likeness (QED) is 0.742. The molecule has 20 heavy (non-hydrogen) atoms. The molecule has 0 saturated carbocycles. The Balaban J connectivity index is 1.99. The highest BCUT2D eigenvalue weighted by Gasteiger charge is 2.08. The second-order valence-electron chi connectivity index (χ2n) is 4.19. The van der Waals surface area contributed by atoms with Crippen LogP contribution in [-0.2, 0) is 0 Å². The lowest BCUT2D eigenvalue weighted by molar-refractivity contribution is 0.417. The molecule has 0 amide bonds. The fourth-order valence-corrected chi connectivity index (χ4v) is 2.26. The number of aromatic nitrogens is 2. The molecule has 1 heterocycles. The summed E-state index contributed by atoms with van der Waals surface area (Å²) in [6.07, 6.45) is 0. The number of methoxy groups -OCH3 is 1. The van der Waals surface area contributed by atoms with Gasteiger partial charge in [-0.15, -0.1) is 0 Å². The van der Waals surface area contributed by atoms with Crippen molar-refractivity contribution in [1.82, 2.24) is 9.97 Å². The third-order valence-corrected chi connectivity index (χ3v) is 3.61. The minimum Gasteiger partial charge on any atom is -0.495 e. The van der Waals surface area contributed by atoms with E-state index in [2.05, 4.69) is 15.3 Å². The second kappa shape index (κ2) is 5.23. The van der Waals surface area contributed by atoms with Crippen LogP contribution in [0.25, 0.3) is 11.0 Å². The summed E-state index contributed by atoms with van der Waals surface area (Å²) in [5.41, 5.74) is 2.39. The molecule has 0 fully saturated rings. The number of imidazole rings is 1. The molecule has 0 aliphatic rings. The van der Waals surface area contributed by atoms with Crippen LogP contribution in [0.4, 0.5) is 11.6 Å². The normalized spacial score (nSPS) is 10.8. The Morgan fingerprint density at radius 2 is 1.90 bits per heavy atom. The Hall–Kier alpha value is -1.91. The number of ether oxygens (including phenoxy) is 1. The molecule has 0 atom stereocenters. The van der Waals surface area contributed by atoms with Crippen LogP contribution in [0.15, 0.2) is 36.4 Å². The first-order valence-electron chi connectivity index (χ1n) is 5.92. The van der Waals surface area contributed by atoms with Gasteiger partial charge in [-0.1, -0.05) is 35.3 Å². The highest BCUT2D eigenvalue weighted by molar-refractivity contribution is 6.42. The van der Waals surface area contributed by atoms with Gasteiger partial charge < -0.3 is 15.0 Å². The molecule has 4 nitrogen and oxygen atoms in total. The van der Waals surface area contributed by atoms with Crippen LogP contribution in [0.5, 0.6) is 5.75 Å². The van der Waals surface area contributed by atoms with Gasteiger partial charge in [0.2, 0.25) is 5.95 Å². The number of para-hydroxylation sites is 2. The van der Waals surface area contributed by atoms with Crippen LogP contribution in [0.1, 0.15) is 0 Å². The van der Waals surface area contributed by atoms with E-state index in [1.165, 1.54) is 0 Å². The van der Waals surface area contributed by atoms with Crippen molar-refractivity contribution in [1.29, 1.82) is 0 Å². The Morgan fingerprint density at radius 3 is 2.70 bits per heavy atom. The van der Waals surface area contributed by atoms with Crippen LogP contribution in [0, 0.1) is 0 Å². The van der Waals surface area contributed by atoms with Crippen molar-refractivity contribution in [3.8, 4) is 5.75 Å². The van der Waals surface area contributed by atoms with Crippen molar-refractivity contribution in [2.75, 3.05) is 12.4 Å². The average Bonchev–Trinajstić information content (AvgIpc) is 2.81. The molecule has 0 radical (unpaired) electrons. The Kier molecular flexibility index (Phi) is 3.42. The monoisotopic (exact) mass is 307 g/mol. The van der Waals surface area contributed by atoms with Crippen LogP contribution in [0.3, 0.4) is 0 Å². The number of fused-ring (bicyclic) bond motifs is 1. The van der Waals surface area contributed by atoms with E-state index in [4.69, 9.17) is 27.9 Å². The number of benzene rings is 2. The van der Waals surface area contributed by atoms with Crippen molar-refractivity contribution < 1.29 is 4.74 Å². The third-order valence-electron chi connectivity index (χ3n) is 2.88. The van der Waals surface area contributed by atoms with Gasteiger partial charge in [-0.2, -0.15) is 0 Å². The van der Waals surface area contributed by atoms with Gasteiger partial charge >= 0.3 is 0 Å². The fourth-order valence-electron chi connectivity index (χ4n) is 1.94. The van der Waals surface area contributed by atoms with E-state index in [1.807, 2.05) is 24.3 Å². The van der Waals surface area contributed by atoms with E-state index in [0.29, 0.717) is 16.0 Å². The minimum absolute atomic E-state index is 0.481. The van der Waals surface area contributed by atoms with Gasteiger partial charge in [-0.25, -0.2) is 4.98 Å². The topological polar surface area (TPSA) is 49.9 Å². The minimum atomic E-state index is 0.481. The highest BCUT2D eigenvalue weighted by atomic mass is 35.5. The third kappa shape index (κ3) is 2.40. The van der Waals surface area contributed by atoms with E-state index in [-0.39, 0.29) is 0 Å². The zero-order valence-corrected chi connectivity index (χ0v) is 12.1. The number of nitrogens with zero attached hydrogens (tertiary/aromatic N) is 1. The average molecular weight is 308 g/mol. The summed E-state index contributed by atoms with van der Waals surface area (Å²) in [7, 11) is 1.62. The predicted octanol–water partition coefficient (Wildman–Crippen LogP) is 4.62. The van der Waals surface area contributed by atoms with Crippen molar-refractivity contribution in [3.63, 3.8) is 0 Å². The molecule has 0 spiro atoms. The summed E-state index contributed by atoms with van der Waals surface area (Å²) in [5.74, 6) is 1.34. The molecule has 3 aromatic rings. The first-order chi connectivity index (χ1) is 9.67. The van der Waals surface area contributed by atoms with E-state index >= 15 is 0 Å².